The lowest BCUT2D eigenvalue weighted by atomic mass is 9.98. The van der Waals surface area contributed by atoms with E-state index in [0.29, 0.717) is 11.4 Å². The van der Waals surface area contributed by atoms with Crippen LogP contribution < -0.4 is 11.2 Å². The van der Waals surface area contributed by atoms with Gasteiger partial charge in [0, 0.05) is 22.8 Å². The predicted molar refractivity (Wildman–Crippen MR) is 128 cm³/mol. The van der Waals surface area contributed by atoms with E-state index in [1.165, 1.54) is 0 Å². The molecule has 0 saturated heterocycles. The zero-order valence-electron chi connectivity index (χ0n) is 17.2. The molecule has 1 saturated carbocycles. The largest absolute Gasteiger partial charge is 0.321 e. The minimum Gasteiger partial charge on any atom is -0.321 e. The SMILES string of the molecule is NC1(c2ccc(-c3ccc(Cl)cc3)cc2)CC1C(=O)N/N=C/c1ccc2cnccc2c1. The molecular weight excluding hydrogens is 420 g/mol. The lowest BCUT2D eigenvalue weighted by molar-refractivity contribution is -0.122. The molecule has 0 radical (unpaired) electrons. The van der Waals surface area contributed by atoms with Crippen molar-refractivity contribution in [2.45, 2.75) is 12.0 Å². The zero-order valence-corrected chi connectivity index (χ0v) is 18.0. The Kier molecular flexibility index (Phi) is 5.21. The van der Waals surface area contributed by atoms with Gasteiger partial charge in [0.05, 0.1) is 17.7 Å². The number of amides is 1. The fourth-order valence-corrected chi connectivity index (χ4v) is 4.10. The van der Waals surface area contributed by atoms with E-state index >= 15 is 0 Å². The number of nitrogens with two attached hydrogens (primary N) is 1. The van der Waals surface area contributed by atoms with E-state index in [1.807, 2.05) is 79.0 Å². The molecule has 6 heteroatoms. The van der Waals surface area contributed by atoms with Crippen LogP contribution in [0.2, 0.25) is 5.02 Å². The summed E-state index contributed by atoms with van der Waals surface area (Å²) in [5, 5.41) is 6.96. The minimum absolute atomic E-state index is 0.171. The third kappa shape index (κ3) is 4.00. The lowest BCUT2D eigenvalue weighted by Crippen LogP contribution is -2.30. The number of carbonyl (C=O) groups excluding carboxylic acids is 1. The standard InChI is InChI=1S/C26H21ClN4O/c27-23-9-5-19(6-10-23)18-3-7-22(8-4-18)26(28)14-24(26)25(32)31-30-15-17-1-2-21-16-29-12-11-20(21)13-17/h1-13,15-16,24H,14,28H2,(H,31,32)/b30-15+. The molecule has 5 rings (SSSR count). The molecule has 1 aromatic heterocycles. The molecule has 1 amide bonds. The number of rotatable bonds is 5. The Morgan fingerprint density at radius 2 is 1.75 bits per heavy atom. The van der Waals surface area contributed by atoms with Crippen LogP contribution in [0.3, 0.4) is 0 Å². The van der Waals surface area contributed by atoms with Crippen LogP contribution in [-0.2, 0) is 10.3 Å². The number of hydrazone groups is 1. The molecule has 2 unspecified atom stereocenters. The monoisotopic (exact) mass is 440 g/mol. The zero-order chi connectivity index (χ0) is 22.1. The lowest BCUT2D eigenvalue weighted by Gasteiger charge is -2.12. The molecule has 3 N–H and O–H groups in total. The fourth-order valence-electron chi connectivity index (χ4n) is 3.97. The molecule has 5 nitrogen and oxygen atoms in total. The number of nitrogens with zero attached hydrogens (tertiary/aromatic N) is 2. The molecule has 3 aromatic carbocycles. The first-order valence-corrected chi connectivity index (χ1v) is 10.7. The molecule has 0 spiro atoms. The number of hydrogen-bond acceptors (Lipinski definition) is 4. The van der Waals surface area contributed by atoms with Crippen LogP contribution in [0.25, 0.3) is 21.9 Å². The molecule has 1 aliphatic carbocycles. The first kappa shape index (κ1) is 20.4. The predicted octanol–water partition coefficient (Wildman–Crippen LogP) is 4.88. The van der Waals surface area contributed by atoms with Crippen LogP contribution in [0, 0.1) is 5.92 Å². The highest BCUT2D eigenvalue weighted by molar-refractivity contribution is 6.30. The number of fused-ring (bicyclic) bond motifs is 1. The Morgan fingerprint density at radius 3 is 2.50 bits per heavy atom. The van der Waals surface area contributed by atoms with Gasteiger partial charge in [-0.15, -0.1) is 0 Å². The van der Waals surface area contributed by atoms with E-state index in [-0.39, 0.29) is 11.8 Å². The Balaban J connectivity index is 1.23. The fraction of sp³-hybridized carbons (Fsp3) is 0.115. The maximum atomic E-state index is 12.6. The molecule has 1 aliphatic rings. The van der Waals surface area contributed by atoms with Crippen molar-refractivity contribution in [3.05, 3.63) is 101 Å². The van der Waals surface area contributed by atoms with E-state index in [4.69, 9.17) is 17.3 Å². The van der Waals surface area contributed by atoms with Crippen LogP contribution >= 0.6 is 11.6 Å². The third-order valence-electron chi connectivity index (χ3n) is 5.97. The molecule has 0 aliphatic heterocycles. The highest BCUT2D eigenvalue weighted by atomic mass is 35.5. The number of aromatic nitrogens is 1. The van der Waals surface area contributed by atoms with Crippen molar-refractivity contribution in [3.63, 3.8) is 0 Å². The first-order chi connectivity index (χ1) is 15.5. The highest BCUT2D eigenvalue weighted by Gasteiger charge is 2.56. The van der Waals surface area contributed by atoms with Crippen molar-refractivity contribution in [2.75, 3.05) is 0 Å². The van der Waals surface area contributed by atoms with Crippen molar-refractivity contribution < 1.29 is 4.79 Å². The van der Waals surface area contributed by atoms with Crippen molar-refractivity contribution >= 4 is 34.5 Å². The van der Waals surface area contributed by atoms with Gasteiger partial charge in [0.15, 0.2) is 0 Å². The minimum atomic E-state index is -0.659. The molecular formula is C26H21ClN4O. The molecule has 2 atom stereocenters. The van der Waals surface area contributed by atoms with Gasteiger partial charge in [-0.2, -0.15) is 5.10 Å². The number of carbonyl (C=O) groups is 1. The molecule has 32 heavy (non-hydrogen) atoms. The number of nitrogens with one attached hydrogen (secondary N) is 1. The van der Waals surface area contributed by atoms with Crippen molar-refractivity contribution in [1.29, 1.82) is 0 Å². The van der Waals surface area contributed by atoms with Gasteiger partial charge in [-0.25, -0.2) is 5.43 Å². The number of benzene rings is 3. The molecule has 1 fully saturated rings. The van der Waals surface area contributed by atoms with E-state index in [0.717, 1.165) is 33.0 Å². The summed E-state index contributed by atoms with van der Waals surface area (Å²) in [6, 6.07) is 23.6. The molecule has 0 bridgehead atoms. The summed E-state index contributed by atoms with van der Waals surface area (Å²) in [6.45, 7) is 0. The average molecular weight is 441 g/mol. The van der Waals surface area contributed by atoms with Gasteiger partial charge >= 0.3 is 0 Å². The maximum absolute atomic E-state index is 12.6. The van der Waals surface area contributed by atoms with Crippen LogP contribution in [-0.4, -0.2) is 17.1 Å². The van der Waals surface area contributed by atoms with Gasteiger partial charge < -0.3 is 5.73 Å². The Labute approximate surface area is 190 Å². The van der Waals surface area contributed by atoms with Crippen LogP contribution in [0.4, 0.5) is 0 Å². The summed E-state index contributed by atoms with van der Waals surface area (Å²) < 4.78 is 0. The van der Waals surface area contributed by atoms with E-state index < -0.39 is 5.54 Å². The molecule has 158 valence electrons. The summed E-state index contributed by atoms with van der Waals surface area (Å²) in [5.41, 5.74) is 12.5. The van der Waals surface area contributed by atoms with E-state index in [2.05, 4.69) is 15.5 Å². The Hall–Kier alpha value is -3.54. The second-order valence-electron chi connectivity index (χ2n) is 8.10. The summed E-state index contributed by atoms with van der Waals surface area (Å²) in [4.78, 5) is 16.7. The molecule has 1 heterocycles. The molecule has 4 aromatic rings. The summed E-state index contributed by atoms with van der Waals surface area (Å²) in [7, 11) is 0. The smallest absolute Gasteiger partial charge is 0.245 e. The van der Waals surface area contributed by atoms with Gasteiger partial charge in [-0.1, -0.05) is 60.1 Å². The average Bonchev–Trinajstić information content (AvgIpc) is 3.52. The van der Waals surface area contributed by atoms with Crippen LogP contribution in [0.1, 0.15) is 17.5 Å². The van der Waals surface area contributed by atoms with Crippen molar-refractivity contribution in [1.82, 2.24) is 10.4 Å². The number of halogens is 1. The topological polar surface area (TPSA) is 80.4 Å². The van der Waals surface area contributed by atoms with Crippen molar-refractivity contribution in [2.24, 2.45) is 16.8 Å². The normalized spacial score (nSPS) is 19.9. The number of hydrogen-bond donors (Lipinski definition) is 2. The summed E-state index contributed by atoms with van der Waals surface area (Å²) >= 11 is 5.97. The van der Waals surface area contributed by atoms with Gasteiger partial charge in [0.25, 0.3) is 0 Å². The van der Waals surface area contributed by atoms with Gasteiger partial charge in [-0.3, -0.25) is 9.78 Å². The summed E-state index contributed by atoms with van der Waals surface area (Å²) in [5.74, 6) is -0.473. The summed E-state index contributed by atoms with van der Waals surface area (Å²) in [6.07, 6.45) is 5.80. The van der Waals surface area contributed by atoms with E-state index in [9.17, 15) is 4.79 Å². The second-order valence-corrected chi connectivity index (χ2v) is 8.53. The maximum Gasteiger partial charge on any atom is 0.245 e. The van der Waals surface area contributed by atoms with Crippen LogP contribution in [0.5, 0.6) is 0 Å². The Morgan fingerprint density at radius 1 is 1.03 bits per heavy atom. The quantitative estimate of drug-likeness (QED) is 0.343. The van der Waals surface area contributed by atoms with Crippen LogP contribution in [0.15, 0.2) is 90.3 Å². The first-order valence-electron chi connectivity index (χ1n) is 10.3. The van der Waals surface area contributed by atoms with Gasteiger partial charge in [0.1, 0.15) is 0 Å². The van der Waals surface area contributed by atoms with Gasteiger partial charge in [-0.05, 0) is 58.3 Å². The van der Waals surface area contributed by atoms with E-state index in [1.54, 1.807) is 12.4 Å². The number of pyridine rings is 1. The third-order valence-corrected chi connectivity index (χ3v) is 6.22. The van der Waals surface area contributed by atoms with Gasteiger partial charge in [0.2, 0.25) is 5.91 Å². The van der Waals surface area contributed by atoms with Crippen molar-refractivity contribution in [3.8, 4) is 11.1 Å². The highest BCUT2D eigenvalue weighted by Crippen LogP contribution is 2.49. The second kappa shape index (κ2) is 8.19. The Bertz CT molecular complexity index is 1320.